The van der Waals surface area contributed by atoms with Crippen molar-refractivity contribution < 1.29 is 4.74 Å². The van der Waals surface area contributed by atoms with E-state index in [0.29, 0.717) is 16.7 Å². The summed E-state index contributed by atoms with van der Waals surface area (Å²) in [5.41, 5.74) is 4.64. The first kappa shape index (κ1) is 25.9. The molecular formula is C29H33BrN4O2. The number of fused-ring (bicyclic) bond motifs is 1. The SMILES string of the molecule is CC[C@@H](C)Oc1ccc(-n2c(C)cc(C=Nn3c([C@@H](C)CC)nc4ccc(Br)cc4c3=O)c2C)cc1. The van der Waals surface area contributed by atoms with Crippen LogP contribution in [0.5, 0.6) is 5.75 Å². The Bertz CT molecular complexity index is 1470. The van der Waals surface area contributed by atoms with Crippen molar-refractivity contribution in [3.05, 3.63) is 86.1 Å². The molecule has 0 aliphatic carbocycles. The monoisotopic (exact) mass is 548 g/mol. The molecular weight excluding hydrogens is 516 g/mol. The molecule has 0 bridgehead atoms. The van der Waals surface area contributed by atoms with Gasteiger partial charge in [0.25, 0.3) is 5.56 Å². The van der Waals surface area contributed by atoms with Crippen LogP contribution in [0.2, 0.25) is 0 Å². The Hall–Kier alpha value is -3.19. The summed E-state index contributed by atoms with van der Waals surface area (Å²) in [5.74, 6) is 1.62. The van der Waals surface area contributed by atoms with E-state index in [1.165, 1.54) is 4.68 Å². The van der Waals surface area contributed by atoms with Gasteiger partial charge < -0.3 is 9.30 Å². The van der Waals surface area contributed by atoms with E-state index in [0.717, 1.165) is 45.7 Å². The minimum atomic E-state index is -0.168. The van der Waals surface area contributed by atoms with E-state index in [1.807, 2.05) is 24.3 Å². The van der Waals surface area contributed by atoms with Crippen LogP contribution in [0.3, 0.4) is 0 Å². The molecule has 36 heavy (non-hydrogen) atoms. The number of nitrogens with zero attached hydrogens (tertiary/aromatic N) is 4. The summed E-state index contributed by atoms with van der Waals surface area (Å²) in [5, 5.41) is 5.20. The lowest BCUT2D eigenvalue weighted by molar-refractivity contribution is 0.217. The Morgan fingerprint density at radius 2 is 1.78 bits per heavy atom. The summed E-state index contributed by atoms with van der Waals surface area (Å²) in [6, 6.07) is 15.8. The Kier molecular flexibility index (Phi) is 7.79. The Morgan fingerprint density at radius 3 is 2.44 bits per heavy atom. The highest BCUT2D eigenvalue weighted by molar-refractivity contribution is 9.10. The normalized spacial score (nSPS) is 13.4. The molecule has 2 atom stereocenters. The number of hydrogen-bond donors (Lipinski definition) is 0. The first-order valence-corrected chi connectivity index (χ1v) is 13.2. The molecule has 0 saturated heterocycles. The zero-order chi connectivity index (χ0) is 26.0. The van der Waals surface area contributed by atoms with Crippen LogP contribution in [-0.4, -0.2) is 26.5 Å². The molecule has 188 valence electrons. The average molecular weight is 550 g/mol. The van der Waals surface area contributed by atoms with E-state index >= 15 is 0 Å². The maximum atomic E-state index is 13.4. The molecule has 0 radical (unpaired) electrons. The minimum Gasteiger partial charge on any atom is -0.491 e. The van der Waals surface area contributed by atoms with E-state index in [2.05, 4.69) is 85.3 Å². The second kappa shape index (κ2) is 10.8. The van der Waals surface area contributed by atoms with E-state index < -0.39 is 0 Å². The fourth-order valence-corrected chi connectivity index (χ4v) is 4.57. The van der Waals surface area contributed by atoms with Gasteiger partial charge in [0, 0.05) is 33.0 Å². The van der Waals surface area contributed by atoms with Gasteiger partial charge in [-0.25, -0.2) is 4.98 Å². The topological polar surface area (TPSA) is 61.4 Å². The van der Waals surface area contributed by atoms with Gasteiger partial charge in [-0.05, 0) is 82.1 Å². The number of hydrogen-bond acceptors (Lipinski definition) is 4. The van der Waals surface area contributed by atoms with E-state index in [-0.39, 0.29) is 17.6 Å². The molecule has 2 heterocycles. The minimum absolute atomic E-state index is 0.0893. The summed E-state index contributed by atoms with van der Waals surface area (Å²) < 4.78 is 10.4. The Labute approximate surface area is 220 Å². The lowest BCUT2D eigenvalue weighted by Crippen LogP contribution is -2.23. The molecule has 2 aromatic carbocycles. The highest BCUT2D eigenvalue weighted by Crippen LogP contribution is 2.24. The number of benzene rings is 2. The number of rotatable bonds is 8. The molecule has 7 heteroatoms. The van der Waals surface area contributed by atoms with Gasteiger partial charge in [0.1, 0.15) is 11.6 Å². The smallest absolute Gasteiger partial charge is 0.282 e. The quantitative estimate of drug-likeness (QED) is 0.220. The van der Waals surface area contributed by atoms with Crippen LogP contribution in [0, 0.1) is 13.8 Å². The van der Waals surface area contributed by atoms with Gasteiger partial charge in [-0.2, -0.15) is 9.78 Å². The fourth-order valence-electron chi connectivity index (χ4n) is 4.20. The van der Waals surface area contributed by atoms with Crippen LogP contribution in [0.25, 0.3) is 16.6 Å². The molecule has 2 aromatic heterocycles. The molecule has 4 rings (SSSR count). The van der Waals surface area contributed by atoms with Crippen LogP contribution in [0.4, 0.5) is 0 Å². The summed E-state index contributed by atoms with van der Waals surface area (Å²) in [7, 11) is 0. The third kappa shape index (κ3) is 5.16. The Balaban J connectivity index is 1.73. The van der Waals surface area contributed by atoms with Crippen LogP contribution < -0.4 is 10.3 Å². The zero-order valence-electron chi connectivity index (χ0n) is 21.7. The molecule has 0 N–H and O–H groups in total. The first-order chi connectivity index (χ1) is 17.2. The first-order valence-electron chi connectivity index (χ1n) is 12.5. The molecule has 0 amide bonds. The van der Waals surface area contributed by atoms with Gasteiger partial charge >= 0.3 is 0 Å². The van der Waals surface area contributed by atoms with Gasteiger partial charge in [0.05, 0.1) is 23.2 Å². The lowest BCUT2D eigenvalue weighted by atomic mass is 10.1. The van der Waals surface area contributed by atoms with Crippen LogP contribution in [-0.2, 0) is 0 Å². The fraction of sp³-hybridized carbons (Fsp3) is 0.345. The molecule has 0 unspecified atom stereocenters. The summed E-state index contributed by atoms with van der Waals surface area (Å²) in [4.78, 5) is 18.2. The van der Waals surface area contributed by atoms with E-state index in [9.17, 15) is 4.79 Å². The van der Waals surface area contributed by atoms with Gasteiger partial charge in [-0.1, -0.05) is 36.7 Å². The lowest BCUT2D eigenvalue weighted by Gasteiger charge is -2.14. The highest BCUT2D eigenvalue weighted by Gasteiger charge is 2.16. The summed E-state index contributed by atoms with van der Waals surface area (Å²) in [6.45, 7) is 12.5. The summed E-state index contributed by atoms with van der Waals surface area (Å²) >= 11 is 3.46. The number of ether oxygens (including phenoxy) is 1. The molecule has 4 aromatic rings. The van der Waals surface area contributed by atoms with Crippen molar-refractivity contribution >= 4 is 33.0 Å². The molecule has 0 saturated carbocycles. The van der Waals surface area contributed by atoms with Crippen molar-refractivity contribution in [1.82, 2.24) is 14.2 Å². The van der Waals surface area contributed by atoms with Crippen molar-refractivity contribution in [3.63, 3.8) is 0 Å². The van der Waals surface area contributed by atoms with Crippen molar-refractivity contribution in [3.8, 4) is 11.4 Å². The predicted molar refractivity (Wildman–Crippen MR) is 151 cm³/mol. The zero-order valence-corrected chi connectivity index (χ0v) is 23.3. The van der Waals surface area contributed by atoms with Crippen LogP contribution >= 0.6 is 15.9 Å². The largest absolute Gasteiger partial charge is 0.491 e. The van der Waals surface area contributed by atoms with Crippen LogP contribution in [0.15, 0.2) is 62.9 Å². The van der Waals surface area contributed by atoms with Gasteiger partial charge in [0.2, 0.25) is 0 Å². The molecule has 0 spiro atoms. The third-order valence-electron chi connectivity index (χ3n) is 6.68. The predicted octanol–water partition coefficient (Wildman–Crippen LogP) is 7.14. The van der Waals surface area contributed by atoms with E-state index in [4.69, 9.17) is 9.72 Å². The number of aromatic nitrogens is 3. The summed E-state index contributed by atoms with van der Waals surface area (Å²) in [6.07, 6.45) is 3.77. The average Bonchev–Trinajstić information content (AvgIpc) is 3.16. The molecule has 0 aliphatic rings. The second-order valence-corrected chi connectivity index (χ2v) is 10.2. The second-order valence-electron chi connectivity index (χ2n) is 9.29. The molecule has 6 nitrogen and oxygen atoms in total. The number of halogens is 1. The maximum Gasteiger partial charge on any atom is 0.282 e. The highest BCUT2D eigenvalue weighted by atomic mass is 79.9. The van der Waals surface area contributed by atoms with Crippen molar-refractivity contribution in [2.75, 3.05) is 0 Å². The molecule has 0 aliphatic heterocycles. The van der Waals surface area contributed by atoms with Gasteiger partial charge in [0.15, 0.2) is 0 Å². The van der Waals surface area contributed by atoms with Gasteiger partial charge in [-0.3, -0.25) is 4.79 Å². The number of aryl methyl sites for hydroxylation is 1. The van der Waals surface area contributed by atoms with Crippen molar-refractivity contribution in [1.29, 1.82) is 0 Å². The van der Waals surface area contributed by atoms with Gasteiger partial charge in [-0.15, -0.1) is 0 Å². The molecule has 0 fully saturated rings. The Morgan fingerprint density at radius 1 is 1.06 bits per heavy atom. The van der Waals surface area contributed by atoms with Crippen molar-refractivity contribution in [2.24, 2.45) is 5.10 Å². The third-order valence-corrected chi connectivity index (χ3v) is 7.17. The van der Waals surface area contributed by atoms with Crippen LogP contribution in [0.1, 0.15) is 69.2 Å². The maximum absolute atomic E-state index is 13.4. The van der Waals surface area contributed by atoms with Crippen molar-refractivity contribution in [2.45, 2.75) is 66.4 Å². The standard InChI is InChI=1S/C29H33BrN4O2/c1-7-18(3)28-32-27-14-9-23(30)16-26(27)29(35)34(28)31-17-22-15-19(4)33(21(22)6)24-10-12-25(13-11-24)36-20(5)8-2/h9-18,20H,7-8H2,1-6H3/t18-,20+/m0/s1. The van der Waals surface area contributed by atoms with E-state index in [1.54, 1.807) is 12.3 Å².